The molecule has 1 amide bonds. The van der Waals surface area contributed by atoms with Crippen molar-refractivity contribution in [2.45, 2.75) is 18.8 Å². The molecule has 45 heavy (non-hydrogen) atoms. The highest BCUT2D eigenvalue weighted by molar-refractivity contribution is 5.96. The number of piperazine rings is 2. The highest BCUT2D eigenvalue weighted by atomic mass is 19.4. The van der Waals surface area contributed by atoms with Crippen LogP contribution in [-0.4, -0.2) is 114 Å². The molecule has 0 bridgehead atoms. The molecular formula is C29H34F3N9O4. The predicted octanol–water partition coefficient (Wildman–Crippen LogP) is 1.76. The molecule has 0 radical (unpaired) electrons. The van der Waals surface area contributed by atoms with Gasteiger partial charge >= 0.3 is 12.1 Å². The Balaban J connectivity index is 1.31. The van der Waals surface area contributed by atoms with E-state index >= 15 is 0 Å². The first-order valence-corrected chi connectivity index (χ1v) is 14.4. The fourth-order valence-electron chi connectivity index (χ4n) is 4.92. The van der Waals surface area contributed by atoms with Crippen molar-refractivity contribution in [3.05, 3.63) is 65.6 Å². The van der Waals surface area contributed by atoms with Gasteiger partial charge in [-0.05, 0) is 18.7 Å². The molecule has 1 aromatic carbocycles. The molecule has 2 aliphatic rings. The number of nitrogens with one attached hydrogen (secondary N) is 1. The Labute approximate surface area is 257 Å². The van der Waals surface area contributed by atoms with Gasteiger partial charge in [-0.15, -0.1) is 0 Å². The average molecular weight is 630 g/mol. The Morgan fingerprint density at radius 2 is 1.56 bits per heavy atom. The summed E-state index contributed by atoms with van der Waals surface area (Å²) in [5, 5.41) is 12.3. The molecular weight excluding hydrogens is 595 g/mol. The monoisotopic (exact) mass is 629 g/mol. The van der Waals surface area contributed by atoms with E-state index in [4.69, 9.17) is 9.72 Å². The minimum Gasteiger partial charge on any atom is -0.480 e. The number of carboxylic acids is 1. The lowest BCUT2D eigenvalue weighted by Crippen LogP contribution is -2.48. The second-order valence-corrected chi connectivity index (χ2v) is 10.8. The summed E-state index contributed by atoms with van der Waals surface area (Å²) in [5.74, 6) is -1.18. The molecule has 3 aromatic rings. The summed E-state index contributed by atoms with van der Waals surface area (Å²) < 4.78 is 45.1. The first-order chi connectivity index (χ1) is 21.6. The molecule has 240 valence electrons. The molecule has 0 saturated carbocycles. The molecule has 4 heterocycles. The van der Waals surface area contributed by atoms with Crippen LogP contribution in [0.2, 0.25) is 0 Å². The summed E-state index contributed by atoms with van der Waals surface area (Å²) in [5.41, 5.74) is -0.153. The van der Waals surface area contributed by atoms with Gasteiger partial charge in [0.1, 0.15) is 17.2 Å². The third-order valence-electron chi connectivity index (χ3n) is 7.54. The largest absolute Gasteiger partial charge is 0.480 e. The molecule has 13 nitrogen and oxygen atoms in total. The first kappa shape index (κ1) is 31.8. The number of anilines is 3. The summed E-state index contributed by atoms with van der Waals surface area (Å²) >= 11 is 0. The number of aliphatic carboxylic acids is 1. The van der Waals surface area contributed by atoms with E-state index in [0.717, 1.165) is 30.9 Å². The van der Waals surface area contributed by atoms with Crippen molar-refractivity contribution in [3.63, 3.8) is 0 Å². The van der Waals surface area contributed by atoms with Crippen LogP contribution in [0.5, 0.6) is 0 Å². The zero-order chi connectivity index (χ0) is 32.0. The van der Waals surface area contributed by atoms with Crippen LogP contribution in [0, 0.1) is 0 Å². The number of carbonyl (C=O) groups excluding carboxylic acids is 1. The van der Waals surface area contributed by atoms with E-state index in [-0.39, 0.29) is 24.9 Å². The number of alkyl halides is 3. The quantitative estimate of drug-likeness (QED) is 0.338. The van der Waals surface area contributed by atoms with Gasteiger partial charge in [0.05, 0.1) is 13.2 Å². The predicted molar refractivity (Wildman–Crippen MR) is 158 cm³/mol. The fraction of sp³-hybridized carbons (Fsp3) is 0.448. The minimum atomic E-state index is -4.58. The van der Waals surface area contributed by atoms with Crippen LogP contribution in [0.1, 0.15) is 21.7 Å². The lowest BCUT2D eigenvalue weighted by Gasteiger charge is -2.36. The number of carbonyl (C=O) groups is 2. The van der Waals surface area contributed by atoms with Crippen molar-refractivity contribution in [2.75, 3.05) is 80.7 Å². The Hall–Kier alpha value is -4.57. The lowest BCUT2D eigenvalue weighted by molar-refractivity contribution is -0.142. The van der Waals surface area contributed by atoms with Crippen molar-refractivity contribution >= 4 is 29.6 Å². The summed E-state index contributed by atoms with van der Waals surface area (Å²) in [6.45, 7) is 4.10. The Bertz CT molecular complexity index is 1460. The van der Waals surface area contributed by atoms with Gasteiger partial charge in [0.15, 0.2) is 6.04 Å². The van der Waals surface area contributed by atoms with Crippen LogP contribution < -0.4 is 20.0 Å². The van der Waals surface area contributed by atoms with E-state index < -0.39 is 29.8 Å². The van der Waals surface area contributed by atoms with Gasteiger partial charge in [-0.25, -0.2) is 19.7 Å². The second-order valence-electron chi connectivity index (χ2n) is 10.8. The molecule has 2 fully saturated rings. The number of benzene rings is 1. The normalized spacial score (nSPS) is 16.8. The Morgan fingerprint density at radius 1 is 0.911 bits per heavy atom. The summed E-state index contributed by atoms with van der Waals surface area (Å²) in [6, 6.07) is 10.3. The number of aromatic nitrogens is 4. The third-order valence-corrected chi connectivity index (χ3v) is 7.54. The van der Waals surface area contributed by atoms with Gasteiger partial charge in [-0.1, -0.05) is 30.3 Å². The number of nitrogens with zero attached hydrogens (tertiary/aromatic N) is 8. The molecule has 1 unspecified atom stereocenters. The molecule has 2 saturated heterocycles. The lowest BCUT2D eigenvalue weighted by atomic mass is 10.2. The molecule has 0 aliphatic carbocycles. The highest BCUT2D eigenvalue weighted by Crippen LogP contribution is 2.28. The van der Waals surface area contributed by atoms with Crippen LogP contribution in [0.25, 0.3) is 0 Å². The maximum absolute atomic E-state index is 13.4. The van der Waals surface area contributed by atoms with E-state index in [1.165, 1.54) is 6.07 Å². The number of hydrogen-bond acceptors (Lipinski definition) is 11. The molecule has 16 heteroatoms. The smallest absolute Gasteiger partial charge is 0.433 e. The Morgan fingerprint density at radius 3 is 2.22 bits per heavy atom. The molecule has 5 rings (SSSR count). The van der Waals surface area contributed by atoms with E-state index in [1.54, 1.807) is 4.90 Å². The number of amides is 1. The Kier molecular flexibility index (Phi) is 9.93. The van der Waals surface area contributed by atoms with Crippen molar-refractivity contribution < 1.29 is 32.6 Å². The number of hydrogen-bond donors (Lipinski definition) is 2. The summed E-state index contributed by atoms with van der Waals surface area (Å²) in [6.07, 6.45) is -3.49. The number of ether oxygens (including phenoxy) is 1. The second kappa shape index (κ2) is 14.0. The van der Waals surface area contributed by atoms with Gasteiger partial charge in [-0.2, -0.15) is 18.2 Å². The summed E-state index contributed by atoms with van der Waals surface area (Å²) in [4.78, 5) is 50.0. The summed E-state index contributed by atoms with van der Waals surface area (Å²) in [7, 11) is 2.01. The highest BCUT2D eigenvalue weighted by Gasteiger charge is 2.34. The van der Waals surface area contributed by atoms with Gasteiger partial charge < -0.3 is 34.8 Å². The van der Waals surface area contributed by atoms with Gasteiger partial charge in [-0.3, -0.25) is 4.79 Å². The van der Waals surface area contributed by atoms with Gasteiger partial charge in [0, 0.05) is 64.6 Å². The first-order valence-electron chi connectivity index (χ1n) is 14.4. The molecule has 1 atom stereocenters. The van der Waals surface area contributed by atoms with Crippen molar-refractivity contribution in [2.24, 2.45) is 0 Å². The number of likely N-dealkylation sites (N-methyl/N-ethyl adjacent to an activating group) is 1. The number of rotatable bonds is 10. The third kappa shape index (κ3) is 8.33. The number of carboxylic acid groups (broad SMARTS) is 1. The van der Waals surface area contributed by atoms with Crippen LogP contribution >= 0.6 is 0 Å². The molecule has 2 aliphatic heterocycles. The molecule has 0 spiro atoms. The number of halogens is 3. The fourth-order valence-corrected chi connectivity index (χ4v) is 4.92. The van der Waals surface area contributed by atoms with E-state index in [0.29, 0.717) is 51.0 Å². The van der Waals surface area contributed by atoms with Crippen molar-refractivity contribution in [1.82, 2.24) is 30.2 Å². The standard InChI is InChI=1S/C29H34F3N9O4/c1-38-9-11-41(12-10-38)28-35-21(25(42)34-22(26(43)44)19-45-18-20-5-3-2-4-6-20)17-24(37-28)39-13-15-40(16-14-39)27-33-8-7-23(36-27)29(30,31)32/h2-8,17,22H,9-16,18-19H2,1H3,(H,34,42)(H,43,44). The van der Waals surface area contributed by atoms with Crippen molar-refractivity contribution in [1.29, 1.82) is 0 Å². The molecule has 2 N–H and O–H groups in total. The van der Waals surface area contributed by atoms with Crippen LogP contribution in [0.3, 0.4) is 0 Å². The maximum atomic E-state index is 13.4. The minimum absolute atomic E-state index is 0.00752. The average Bonchev–Trinajstić information content (AvgIpc) is 3.04. The van der Waals surface area contributed by atoms with E-state index in [2.05, 4.69) is 25.2 Å². The maximum Gasteiger partial charge on any atom is 0.433 e. The zero-order valence-corrected chi connectivity index (χ0v) is 24.7. The molecule has 2 aromatic heterocycles. The SMILES string of the molecule is CN1CCN(c2nc(C(=O)NC(COCc3ccccc3)C(=O)O)cc(N3CCN(c4nccc(C(F)(F)F)n4)CC3)n2)CC1. The van der Waals surface area contributed by atoms with Crippen LogP contribution in [0.15, 0.2) is 48.7 Å². The van der Waals surface area contributed by atoms with Gasteiger partial charge in [0.25, 0.3) is 5.91 Å². The topological polar surface area (TPSA) is 140 Å². The van der Waals surface area contributed by atoms with E-state index in [1.807, 2.05) is 47.2 Å². The van der Waals surface area contributed by atoms with Crippen LogP contribution in [0.4, 0.5) is 30.9 Å². The zero-order valence-electron chi connectivity index (χ0n) is 24.7. The van der Waals surface area contributed by atoms with Crippen LogP contribution in [-0.2, 0) is 22.3 Å². The van der Waals surface area contributed by atoms with Gasteiger partial charge in [0.2, 0.25) is 11.9 Å². The van der Waals surface area contributed by atoms with E-state index in [9.17, 15) is 27.9 Å². The van der Waals surface area contributed by atoms with Crippen molar-refractivity contribution in [3.8, 4) is 0 Å².